The van der Waals surface area contributed by atoms with E-state index in [-0.39, 0.29) is 18.2 Å². The third-order valence-electron chi connectivity index (χ3n) is 4.88. The summed E-state index contributed by atoms with van der Waals surface area (Å²) >= 11 is 0. The molecule has 0 spiro atoms. The van der Waals surface area contributed by atoms with Gasteiger partial charge in [0, 0.05) is 24.9 Å². The molecular weight excluding hydrogens is 417 g/mol. The number of nitro groups is 1. The van der Waals surface area contributed by atoms with E-state index in [1.807, 2.05) is 17.0 Å². The number of rotatable bonds is 8. The van der Waals surface area contributed by atoms with Crippen molar-refractivity contribution < 1.29 is 18.9 Å². The van der Waals surface area contributed by atoms with Crippen molar-refractivity contribution in [2.24, 2.45) is 4.99 Å². The second-order valence-corrected chi connectivity index (χ2v) is 6.96. The highest BCUT2D eigenvalue weighted by Gasteiger charge is 2.32. The van der Waals surface area contributed by atoms with Gasteiger partial charge in [0.15, 0.2) is 5.84 Å². The van der Waals surface area contributed by atoms with Crippen LogP contribution in [-0.2, 0) is 0 Å². The molecule has 1 N–H and O–H groups in total. The summed E-state index contributed by atoms with van der Waals surface area (Å²) in [4.78, 5) is 20.8. The van der Waals surface area contributed by atoms with Gasteiger partial charge in [-0.2, -0.15) is 5.12 Å². The molecule has 1 unspecified atom stereocenters. The normalized spacial score (nSPS) is 17.6. The lowest BCUT2D eigenvalue weighted by Gasteiger charge is -2.35. The zero-order chi connectivity index (χ0) is 22.5. The van der Waals surface area contributed by atoms with Crippen LogP contribution in [-0.4, -0.2) is 45.2 Å². The number of nitrogens with zero attached hydrogens (tertiary/aromatic N) is 5. The Morgan fingerprint density at radius 1 is 1.31 bits per heavy atom. The Morgan fingerprint density at radius 3 is 2.91 bits per heavy atom. The van der Waals surface area contributed by atoms with Gasteiger partial charge in [-0.05, 0) is 36.8 Å². The molecule has 2 aromatic rings. The first-order valence-corrected chi connectivity index (χ1v) is 9.92. The molecule has 164 valence electrons. The van der Waals surface area contributed by atoms with Crippen molar-refractivity contribution >= 4 is 23.5 Å². The summed E-state index contributed by atoms with van der Waals surface area (Å²) < 4.78 is 20.3. The maximum absolute atomic E-state index is 15.2. The Labute approximate surface area is 182 Å². The monoisotopic (exact) mass is 437 g/mol. The van der Waals surface area contributed by atoms with E-state index in [0.29, 0.717) is 29.5 Å². The van der Waals surface area contributed by atoms with Gasteiger partial charge in [-0.25, -0.2) is 4.99 Å². The van der Waals surface area contributed by atoms with E-state index < -0.39 is 16.8 Å². The van der Waals surface area contributed by atoms with Crippen molar-refractivity contribution in [1.29, 1.82) is 0 Å². The van der Waals surface area contributed by atoms with Gasteiger partial charge in [-0.15, -0.1) is 0 Å². The Morgan fingerprint density at radius 2 is 2.19 bits per heavy atom. The summed E-state index contributed by atoms with van der Waals surface area (Å²) in [5.74, 6) is 0.330. The van der Waals surface area contributed by atoms with E-state index in [9.17, 15) is 15.2 Å². The third kappa shape index (κ3) is 4.35. The van der Waals surface area contributed by atoms with Crippen LogP contribution in [0.4, 0.5) is 16.1 Å². The molecule has 10 heteroatoms. The average Bonchev–Trinajstić information content (AvgIpc) is 3.30. The van der Waals surface area contributed by atoms with E-state index in [2.05, 4.69) is 9.98 Å². The van der Waals surface area contributed by atoms with Gasteiger partial charge in [0.1, 0.15) is 22.5 Å². The Balaban J connectivity index is 1.74. The summed E-state index contributed by atoms with van der Waals surface area (Å²) in [6.07, 6.45) is 13.7. The molecule has 0 radical (unpaired) electrons. The lowest BCUT2D eigenvalue weighted by molar-refractivity contribution is -0.402. The number of hydrogen-bond donors (Lipinski definition) is 1. The van der Waals surface area contributed by atoms with Crippen LogP contribution in [0, 0.1) is 10.1 Å². The number of aliphatic imine (C=N–C) groups is 1. The highest BCUT2D eigenvalue weighted by Crippen LogP contribution is 2.32. The molecule has 3 heterocycles. The van der Waals surface area contributed by atoms with Crippen LogP contribution >= 0.6 is 0 Å². The summed E-state index contributed by atoms with van der Waals surface area (Å²) in [5.41, 5.74) is 1.41. The standard InChI is InChI=1S/C22H20FN5O4/c23-27-19-7-2-1-6-18(19)22(26(13-4-14-29)16-5-3-12-24-15-16)25-20(27)10-8-17-9-11-21(32-17)28(30)31/h1-3,5-12,15,19,29H,4,13-14H2. The lowest BCUT2D eigenvalue weighted by Crippen LogP contribution is -2.40. The molecule has 1 aliphatic heterocycles. The van der Waals surface area contributed by atoms with E-state index in [1.165, 1.54) is 24.3 Å². The second kappa shape index (κ2) is 9.40. The first kappa shape index (κ1) is 21.2. The molecule has 32 heavy (non-hydrogen) atoms. The summed E-state index contributed by atoms with van der Waals surface area (Å²) in [5, 5.41) is 20.7. The fraction of sp³-hybridized carbons (Fsp3) is 0.182. The number of aliphatic hydroxyl groups excluding tert-OH is 1. The van der Waals surface area contributed by atoms with E-state index >= 15 is 4.48 Å². The number of allylic oxidation sites excluding steroid dienone is 2. The van der Waals surface area contributed by atoms with Gasteiger partial charge in [0.05, 0.1) is 18.0 Å². The molecule has 2 aromatic heterocycles. The number of aromatic nitrogens is 1. The maximum atomic E-state index is 15.2. The molecule has 0 aromatic carbocycles. The van der Waals surface area contributed by atoms with Crippen LogP contribution in [0.15, 0.2) is 87.8 Å². The fourth-order valence-electron chi connectivity index (χ4n) is 3.41. The highest BCUT2D eigenvalue weighted by atomic mass is 19.2. The molecule has 0 saturated carbocycles. The fourth-order valence-corrected chi connectivity index (χ4v) is 3.41. The van der Waals surface area contributed by atoms with E-state index in [0.717, 1.165) is 5.69 Å². The average molecular weight is 437 g/mol. The topological polar surface area (TPSA) is 108 Å². The SMILES string of the molecule is O=[N+]([O-])c1ccc(C=CC2=NC(N(CCCO)c3cccnc3)=C3C=CC=CC3N2F)o1. The van der Waals surface area contributed by atoms with Crippen molar-refractivity contribution in [3.63, 3.8) is 0 Å². The predicted molar refractivity (Wildman–Crippen MR) is 117 cm³/mol. The highest BCUT2D eigenvalue weighted by molar-refractivity contribution is 5.98. The molecule has 1 atom stereocenters. The maximum Gasteiger partial charge on any atom is 0.433 e. The largest absolute Gasteiger partial charge is 0.433 e. The number of pyridine rings is 1. The van der Waals surface area contributed by atoms with E-state index in [1.54, 1.807) is 36.7 Å². The number of furan rings is 1. The van der Waals surface area contributed by atoms with E-state index in [4.69, 9.17) is 4.42 Å². The zero-order valence-electron chi connectivity index (χ0n) is 16.9. The summed E-state index contributed by atoms with van der Waals surface area (Å²) in [6.45, 7) is 0.435. The van der Waals surface area contributed by atoms with Crippen LogP contribution < -0.4 is 4.90 Å². The smallest absolute Gasteiger partial charge is 0.401 e. The molecule has 2 aliphatic rings. The van der Waals surface area contributed by atoms with Gasteiger partial charge < -0.3 is 14.4 Å². The van der Waals surface area contributed by atoms with Crippen LogP contribution in [0.25, 0.3) is 6.08 Å². The summed E-state index contributed by atoms with van der Waals surface area (Å²) in [6, 6.07) is 5.61. The van der Waals surface area contributed by atoms with Gasteiger partial charge in [-0.1, -0.05) is 28.8 Å². The third-order valence-corrected chi connectivity index (χ3v) is 4.88. The quantitative estimate of drug-likeness (QED) is 0.380. The number of fused-ring (bicyclic) bond motifs is 1. The molecular formula is C22H20FN5O4. The zero-order valence-corrected chi connectivity index (χ0v) is 16.9. The second-order valence-electron chi connectivity index (χ2n) is 6.96. The van der Waals surface area contributed by atoms with Crippen molar-refractivity contribution in [1.82, 2.24) is 10.1 Å². The Kier molecular flexibility index (Phi) is 6.22. The first-order valence-electron chi connectivity index (χ1n) is 9.92. The van der Waals surface area contributed by atoms with Gasteiger partial charge in [0.25, 0.3) is 0 Å². The first-order chi connectivity index (χ1) is 15.6. The predicted octanol–water partition coefficient (Wildman–Crippen LogP) is 3.79. The molecule has 4 rings (SSSR count). The van der Waals surface area contributed by atoms with Crippen LogP contribution in [0.3, 0.4) is 0 Å². The van der Waals surface area contributed by atoms with Crippen molar-refractivity contribution in [2.45, 2.75) is 12.5 Å². The Bertz CT molecular complexity index is 1140. The minimum Gasteiger partial charge on any atom is -0.401 e. The van der Waals surface area contributed by atoms with Gasteiger partial charge >= 0.3 is 5.88 Å². The molecule has 0 saturated heterocycles. The number of aliphatic hydroxyl groups is 1. The molecule has 1 aliphatic carbocycles. The minimum absolute atomic E-state index is 0.00522. The molecule has 0 bridgehead atoms. The van der Waals surface area contributed by atoms with Crippen molar-refractivity contribution in [2.75, 3.05) is 18.1 Å². The molecule has 0 amide bonds. The minimum atomic E-state index is -0.702. The number of halogens is 1. The number of anilines is 1. The van der Waals surface area contributed by atoms with Crippen LogP contribution in [0.5, 0.6) is 0 Å². The molecule has 0 fully saturated rings. The number of hydrogen-bond acceptors (Lipinski definition) is 8. The van der Waals surface area contributed by atoms with Crippen molar-refractivity contribution in [3.8, 4) is 0 Å². The van der Waals surface area contributed by atoms with Gasteiger partial charge in [0.2, 0.25) is 0 Å². The van der Waals surface area contributed by atoms with Crippen LogP contribution in [0.1, 0.15) is 12.2 Å². The lowest BCUT2D eigenvalue weighted by atomic mass is 9.99. The van der Waals surface area contributed by atoms with Crippen LogP contribution in [0.2, 0.25) is 0 Å². The van der Waals surface area contributed by atoms with Gasteiger partial charge in [-0.3, -0.25) is 15.1 Å². The van der Waals surface area contributed by atoms with Crippen molar-refractivity contribution in [3.05, 3.63) is 94.3 Å². The summed E-state index contributed by atoms with van der Waals surface area (Å²) in [7, 11) is 0. The Hall–Kier alpha value is -4.05. The number of amidine groups is 1. The molecule has 9 nitrogen and oxygen atoms in total.